The average molecular weight is 411 g/mol. The van der Waals surface area contributed by atoms with Gasteiger partial charge < -0.3 is 29.1 Å². The number of nitrogens with zero attached hydrogens (tertiary/aromatic N) is 1. The topological polar surface area (TPSA) is 112 Å². The van der Waals surface area contributed by atoms with Crippen LogP contribution in [0.2, 0.25) is 0 Å². The van der Waals surface area contributed by atoms with Crippen molar-refractivity contribution in [2.75, 3.05) is 13.3 Å². The van der Waals surface area contributed by atoms with E-state index in [1.165, 1.54) is 12.5 Å². The molecule has 9 nitrogen and oxygen atoms in total. The minimum atomic E-state index is -0.527. The number of nitrogens with one attached hydrogen (secondary N) is 2. The van der Waals surface area contributed by atoms with Gasteiger partial charge in [0.1, 0.15) is 11.3 Å². The first-order chi connectivity index (χ1) is 14.6. The first kappa shape index (κ1) is 19.6. The Kier molecular flexibility index (Phi) is 5.42. The molecule has 30 heavy (non-hydrogen) atoms. The Bertz CT molecular complexity index is 1150. The van der Waals surface area contributed by atoms with E-state index >= 15 is 0 Å². The maximum atomic E-state index is 12.9. The first-order valence-electron chi connectivity index (χ1n) is 9.61. The third kappa shape index (κ3) is 3.86. The quantitative estimate of drug-likeness (QED) is 0.613. The number of aromatic nitrogens is 1. The van der Waals surface area contributed by atoms with Crippen LogP contribution in [0.5, 0.6) is 11.5 Å². The third-order valence-corrected chi connectivity index (χ3v) is 4.84. The second-order valence-electron chi connectivity index (χ2n) is 6.74. The minimum Gasteiger partial charge on any atom is -0.467 e. The van der Waals surface area contributed by atoms with Gasteiger partial charge in [0.05, 0.1) is 23.7 Å². The highest BCUT2D eigenvalue weighted by atomic mass is 16.7. The van der Waals surface area contributed by atoms with Gasteiger partial charge >= 0.3 is 0 Å². The fourth-order valence-electron chi connectivity index (χ4n) is 3.28. The van der Waals surface area contributed by atoms with Crippen molar-refractivity contribution in [1.82, 2.24) is 15.2 Å². The number of fused-ring (bicyclic) bond motifs is 2. The highest BCUT2D eigenvalue weighted by molar-refractivity contribution is 5.98. The maximum absolute atomic E-state index is 12.9. The van der Waals surface area contributed by atoms with E-state index in [9.17, 15) is 14.4 Å². The number of ether oxygens (including phenoxy) is 2. The number of furan rings is 1. The zero-order valence-corrected chi connectivity index (χ0v) is 16.4. The summed E-state index contributed by atoms with van der Waals surface area (Å²) in [4.78, 5) is 37.4. The Balaban J connectivity index is 1.45. The number of amides is 2. The van der Waals surface area contributed by atoms with Gasteiger partial charge in [-0.25, -0.2) is 0 Å². The predicted octanol–water partition coefficient (Wildman–Crippen LogP) is 1.78. The zero-order chi connectivity index (χ0) is 21.1. The van der Waals surface area contributed by atoms with E-state index in [4.69, 9.17) is 13.9 Å². The number of hydrogen-bond donors (Lipinski definition) is 2. The van der Waals surface area contributed by atoms with Gasteiger partial charge in [-0.1, -0.05) is 0 Å². The van der Waals surface area contributed by atoms with E-state index in [1.54, 1.807) is 24.3 Å². The number of hydrogen-bond acceptors (Lipinski definition) is 6. The summed E-state index contributed by atoms with van der Waals surface area (Å²) in [6, 6.07) is 6.84. The van der Waals surface area contributed by atoms with Gasteiger partial charge in [0, 0.05) is 31.8 Å². The van der Waals surface area contributed by atoms with Crippen LogP contribution < -0.4 is 25.5 Å². The van der Waals surface area contributed by atoms with Crippen LogP contribution in [0.25, 0.3) is 10.9 Å². The van der Waals surface area contributed by atoms with Gasteiger partial charge in [0.25, 0.3) is 5.91 Å². The van der Waals surface area contributed by atoms with Crippen molar-refractivity contribution in [3.05, 3.63) is 58.3 Å². The van der Waals surface area contributed by atoms with E-state index in [1.807, 2.05) is 11.5 Å². The van der Waals surface area contributed by atoms with Gasteiger partial charge in [-0.15, -0.1) is 0 Å². The Hall–Kier alpha value is -3.75. The van der Waals surface area contributed by atoms with Crippen LogP contribution in [-0.4, -0.2) is 29.7 Å². The van der Waals surface area contributed by atoms with E-state index < -0.39 is 11.3 Å². The van der Waals surface area contributed by atoms with Crippen molar-refractivity contribution < 1.29 is 23.5 Å². The molecule has 1 aromatic carbocycles. The third-order valence-electron chi connectivity index (χ3n) is 4.84. The molecule has 9 heteroatoms. The molecule has 0 unspecified atom stereocenters. The summed E-state index contributed by atoms with van der Waals surface area (Å²) in [7, 11) is 0. The molecule has 0 atom stereocenters. The van der Waals surface area contributed by atoms with E-state index in [2.05, 4.69) is 10.6 Å². The molecule has 2 amide bonds. The van der Waals surface area contributed by atoms with Gasteiger partial charge in [-0.3, -0.25) is 14.4 Å². The Morgan fingerprint density at radius 3 is 2.70 bits per heavy atom. The molecule has 0 bridgehead atoms. The molecule has 1 aliphatic rings. The van der Waals surface area contributed by atoms with Crippen LogP contribution in [-0.2, 0) is 17.9 Å². The monoisotopic (exact) mass is 411 g/mol. The molecule has 0 saturated heterocycles. The molecule has 2 aromatic heterocycles. The summed E-state index contributed by atoms with van der Waals surface area (Å²) in [5.74, 6) is 0.934. The van der Waals surface area contributed by atoms with Crippen molar-refractivity contribution >= 4 is 22.7 Å². The summed E-state index contributed by atoms with van der Waals surface area (Å²) >= 11 is 0. The summed E-state index contributed by atoms with van der Waals surface area (Å²) in [6.07, 6.45) is 3.14. The molecule has 0 radical (unpaired) electrons. The second-order valence-corrected chi connectivity index (χ2v) is 6.74. The number of carbonyl (C=O) groups is 2. The van der Waals surface area contributed by atoms with Gasteiger partial charge in [0.2, 0.25) is 18.1 Å². The molecule has 156 valence electrons. The molecule has 0 fully saturated rings. The number of carbonyl (C=O) groups excluding carboxylic acids is 2. The first-order valence-corrected chi connectivity index (χ1v) is 9.61. The Morgan fingerprint density at radius 2 is 1.97 bits per heavy atom. The molecule has 0 saturated carbocycles. The van der Waals surface area contributed by atoms with Gasteiger partial charge in [0.15, 0.2) is 11.5 Å². The zero-order valence-electron chi connectivity index (χ0n) is 16.4. The van der Waals surface area contributed by atoms with E-state index in [0.717, 1.165) is 0 Å². The Morgan fingerprint density at radius 1 is 1.17 bits per heavy atom. The SMILES string of the molecule is CCn1cc(C(=O)NCCC(=O)NCc2ccco2)c(=O)c2cc3c(cc21)OCO3. The summed E-state index contributed by atoms with van der Waals surface area (Å²) in [6.45, 7) is 2.96. The molecule has 1 aliphatic heterocycles. The van der Waals surface area contributed by atoms with Crippen molar-refractivity contribution in [1.29, 1.82) is 0 Å². The minimum absolute atomic E-state index is 0.0132. The van der Waals surface area contributed by atoms with Crippen LogP contribution in [0, 0.1) is 0 Å². The van der Waals surface area contributed by atoms with Crippen molar-refractivity contribution in [3.8, 4) is 11.5 Å². The van der Waals surface area contributed by atoms with Crippen LogP contribution in [0.1, 0.15) is 29.5 Å². The average Bonchev–Trinajstić information content (AvgIpc) is 3.43. The fourth-order valence-corrected chi connectivity index (χ4v) is 3.28. The Labute approximate surface area is 171 Å². The van der Waals surface area contributed by atoms with Crippen LogP contribution in [0.4, 0.5) is 0 Å². The number of benzene rings is 1. The van der Waals surface area contributed by atoms with Crippen molar-refractivity contribution in [2.45, 2.75) is 26.4 Å². The van der Waals surface area contributed by atoms with Gasteiger partial charge in [-0.2, -0.15) is 0 Å². The molecule has 4 rings (SSSR count). The standard InChI is InChI=1S/C21H21N3O6/c1-2-24-11-15(20(26)14-8-17-18(9-16(14)24)30-12-29-17)21(27)22-6-5-19(25)23-10-13-4-3-7-28-13/h3-4,7-9,11H,2,5-6,10,12H2,1H3,(H,22,27)(H,23,25). The van der Waals surface area contributed by atoms with Crippen molar-refractivity contribution in [2.24, 2.45) is 0 Å². The predicted molar refractivity (Wildman–Crippen MR) is 108 cm³/mol. The molecule has 3 aromatic rings. The van der Waals surface area contributed by atoms with E-state index in [0.29, 0.717) is 34.7 Å². The summed E-state index contributed by atoms with van der Waals surface area (Å²) in [5, 5.41) is 5.72. The van der Waals surface area contributed by atoms with Crippen LogP contribution in [0.3, 0.4) is 0 Å². The van der Waals surface area contributed by atoms with Gasteiger partial charge in [-0.05, 0) is 25.1 Å². The lowest BCUT2D eigenvalue weighted by molar-refractivity contribution is -0.121. The lowest BCUT2D eigenvalue weighted by Crippen LogP contribution is -2.33. The van der Waals surface area contributed by atoms with E-state index in [-0.39, 0.29) is 37.8 Å². The van der Waals surface area contributed by atoms with Crippen LogP contribution >= 0.6 is 0 Å². The fraction of sp³-hybridized carbons (Fsp3) is 0.286. The highest BCUT2D eigenvalue weighted by Crippen LogP contribution is 2.35. The molecular formula is C21H21N3O6. The largest absolute Gasteiger partial charge is 0.467 e. The van der Waals surface area contributed by atoms with Crippen LogP contribution in [0.15, 0.2) is 45.9 Å². The maximum Gasteiger partial charge on any atom is 0.256 e. The lowest BCUT2D eigenvalue weighted by Gasteiger charge is -2.12. The molecule has 0 spiro atoms. The number of rotatable bonds is 7. The lowest BCUT2D eigenvalue weighted by atomic mass is 10.1. The molecular weight excluding hydrogens is 390 g/mol. The smallest absolute Gasteiger partial charge is 0.256 e. The normalized spacial score (nSPS) is 12.2. The summed E-state index contributed by atoms with van der Waals surface area (Å²) < 4.78 is 17.7. The second kappa shape index (κ2) is 8.32. The number of pyridine rings is 1. The molecule has 0 aliphatic carbocycles. The highest BCUT2D eigenvalue weighted by Gasteiger charge is 2.20. The number of aryl methyl sites for hydroxylation is 1. The molecule has 2 N–H and O–H groups in total. The van der Waals surface area contributed by atoms with Crippen molar-refractivity contribution in [3.63, 3.8) is 0 Å². The summed E-state index contributed by atoms with van der Waals surface area (Å²) in [5.41, 5.74) is 0.285. The molecule has 3 heterocycles.